The number of Topliss-reactive ketones (excluding diaryl/α,β-unsaturated/α-hetero) is 1. The van der Waals surface area contributed by atoms with Crippen LogP contribution in [0, 0.1) is 0 Å². The number of ketones is 1. The quantitative estimate of drug-likeness (QED) is 0.242. The second kappa shape index (κ2) is 11.0. The minimum Gasteiger partial charge on any atom is -0.507 e. The molecule has 1 aliphatic rings. The average Bonchev–Trinajstić information content (AvgIpc) is 3.17. The van der Waals surface area contributed by atoms with Gasteiger partial charge in [0.1, 0.15) is 17.3 Å². The highest BCUT2D eigenvalue weighted by Crippen LogP contribution is 2.42. The van der Waals surface area contributed by atoms with E-state index in [4.69, 9.17) is 9.47 Å². The van der Waals surface area contributed by atoms with Crippen LogP contribution in [0.4, 0.5) is 5.69 Å². The van der Waals surface area contributed by atoms with Crippen LogP contribution in [0.15, 0.2) is 72.3 Å². The largest absolute Gasteiger partial charge is 0.507 e. The third-order valence-electron chi connectivity index (χ3n) is 6.92. The molecule has 0 bridgehead atoms. The van der Waals surface area contributed by atoms with Crippen molar-refractivity contribution < 1.29 is 24.2 Å². The molecule has 3 aromatic rings. The van der Waals surface area contributed by atoms with Crippen LogP contribution in [0.1, 0.15) is 48.1 Å². The fourth-order valence-electron chi connectivity index (χ4n) is 4.85. The van der Waals surface area contributed by atoms with Crippen molar-refractivity contribution in [2.24, 2.45) is 0 Å². The van der Waals surface area contributed by atoms with Gasteiger partial charge in [0.15, 0.2) is 0 Å². The molecule has 0 aliphatic carbocycles. The molecule has 0 radical (unpaired) electrons. The van der Waals surface area contributed by atoms with E-state index in [2.05, 4.69) is 0 Å². The number of nitrogens with zero attached hydrogens (tertiary/aromatic N) is 2. The maximum Gasteiger partial charge on any atom is 0.295 e. The van der Waals surface area contributed by atoms with Gasteiger partial charge >= 0.3 is 0 Å². The van der Waals surface area contributed by atoms with Crippen molar-refractivity contribution in [2.45, 2.75) is 32.4 Å². The van der Waals surface area contributed by atoms with Crippen molar-refractivity contribution in [1.29, 1.82) is 0 Å². The summed E-state index contributed by atoms with van der Waals surface area (Å²) in [4.78, 5) is 30.4. The van der Waals surface area contributed by atoms with Gasteiger partial charge in [0, 0.05) is 30.9 Å². The van der Waals surface area contributed by atoms with Gasteiger partial charge in [-0.3, -0.25) is 9.59 Å². The Hall–Kier alpha value is -4.26. The predicted octanol–water partition coefficient (Wildman–Crippen LogP) is 5.52. The number of aliphatic hydroxyl groups excluding tert-OH is 1. The Kier molecular flexibility index (Phi) is 7.76. The zero-order chi connectivity index (χ0) is 27.6. The second-order valence-corrected chi connectivity index (χ2v) is 9.84. The maximum atomic E-state index is 13.5. The van der Waals surface area contributed by atoms with Crippen molar-refractivity contribution in [3.05, 3.63) is 94.6 Å². The molecule has 7 nitrogen and oxygen atoms in total. The van der Waals surface area contributed by atoms with Crippen LogP contribution < -0.4 is 14.4 Å². The van der Waals surface area contributed by atoms with E-state index in [1.54, 1.807) is 26.4 Å². The number of benzene rings is 3. The molecule has 0 aromatic heterocycles. The molecule has 1 aliphatic heterocycles. The molecule has 1 saturated heterocycles. The van der Waals surface area contributed by atoms with E-state index in [9.17, 15) is 14.7 Å². The number of aliphatic hydroxyl groups is 1. The first kappa shape index (κ1) is 26.8. The fourth-order valence-corrected chi connectivity index (χ4v) is 4.85. The van der Waals surface area contributed by atoms with Crippen molar-refractivity contribution in [3.63, 3.8) is 0 Å². The number of ether oxygens (including phenoxy) is 2. The lowest BCUT2D eigenvalue weighted by Crippen LogP contribution is -2.29. The highest BCUT2D eigenvalue weighted by Gasteiger charge is 2.46. The zero-order valence-electron chi connectivity index (χ0n) is 22.7. The molecule has 7 heteroatoms. The van der Waals surface area contributed by atoms with Gasteiger partial charge in [-0.2, -0.15) is 0 Å². The molecule has 1 atom stereocenters. The first-order chi connectivity index (χ1) is 18.2. The molecular weight excluding hydrogens is 480 g/mol. The molecule has 1 amide bonds. The molecule has 1 heterocycles. The van der Waals surface area contributed by atoms with Crippen LogP contribution >= 0.6 is 0 Å². The Morgan fingerprint density at radius 3 is 2.21 bits per heavy atom. The van der Waals surface area contributed by atoms with Gasteiger partial charge in [0.25, 0.3) is 11.7 Å². The van der Waals surface area contributed by atoms with E-state index >= 15 is 0 Å². The highest BCUT2D eigenvalue weighted by atomic mass is 16.5. The molecule has 3 aromatic carbocycles. The average molecular weight is 515 g/mol. The van der Waals surface area contributed by atoms with Gasteiger partial charge in [-0.25, -0.2) is 0 Å². The van der Waals surface area contributed by atoms with Crippen LogP contribution in [-0.2, 0) is 16.1 Å². The van der Waals surface area contributed by atoms with Gasteiger partial charge < -0.3 is 24.4 Å². The summed E-state index contributed by atoms with van der Waals surface area (Å²) in [6.45, 7) is 4.20. The number of likely N-dealkylation sites (tertiary alicyclic amines) is 1. The first-order valence-corrected chi connectivity index (χ1v) is 12.5. The number of amides is 1. The Balaban J connectivity index is 1.89. The first-order valence-electron chi connectivity index (χ1n) is 12.5. The highest BCUT2D eigenvalue weighted by molar-refractivity contribution is 6.46. The summed E-state index contributed by atoms with van der Waals surface area (Å²) in [6, 6.07) is 19.6. The lowest BCUT2D eigenvalue weighted by molar-refractivity contribution is -0.140. The number of anilines is 1. The van der Waals surface area contributed by atoms with Crippen LogP contribution in [0.2, 0.25) is 0 Å². The fraction of sp³-hybridized carbons (Fsp3) is 0.290. The summed E-state index contributed by atoms with van der Waals surface area (Å²) < 4.78 is 11.0. The molecule has 38 heavy (non-hydrogen) atoms. The van der Waals surface area contributed by atoms with Gasteiger partial charge in [-0.1, -0.05) is 44.2 Å². The van der Waals surface area contributed by atoms with Crippen LogP contribution in [0.3, 0.4) is 0 Å². The Morgan fingerprint density at radius 2 is 1.61 bits per heavy atom. The summed E-state index contributed by atoms with van der Waals surface area (Å²) in [5, 5.41) is 11.5. The molecule has 0 spiro atoms. The number of carbonyl (C=O) groups is 2. The van der Waals surface area contributed by atoms with E-state index in [1.165, 1.54) is 4.90 Å². The lowest BCUT2D eigenvalue weighted by atomic mass is 9.93. The summed E-state index contributed by atoms with van der Waals surface area (Å²) in [5.41, 5.74) is 3.88. The summed E-state index contributed by atoms with van der Waals surface area (Å²) in [7, 11) is 7.05. The predicted molar refractivity (Wildman–Crippen MR) is 149 cm³/mol. The van der Waals surface area contributed by atoms with Crippen molar-refractivity contribution in [1.82, 2.24) is 4.90 Å². The number of hydrogen-bond acceptors (Lipinski definition) is 6. The normalized spacial score (nSPS) is 16.7. The third kappa shape index (κ3) is 4.96. The minimum absolute atomic E-state index is 0.0578. The summed E-state index contributed by atoms with van der Waals surface area (Å²) in [5.74, 6) is -0.160. The van der Waals surface area contributed by atoms with Crippen LogP contribution in [0.25, 0.3) is 5.76 Å². The maximum absolute atomic E-state index is 13.5. The van der Waals surface area contributed by atoms with E-state index in [1.807, 2.05) is 87.4 Å². The van der Waals surface area contributed by atoms with Crippen LogP contribution in [-0.4, -0.2) is 50.0 Å². The van der Waals surface area contributed by atoms with Gasteiger partial charge in [0.05, 0.1) is 32.4 Å². The third-order valence-corrected chi connectivity index (χ3v) is 6.92. The molecule has 1 N–H and O–H groups in total. The topological polar surface area (TPSA) is 79.3 Å². The summed E-state index contributed by atoms with van der Waals surface area (Å²) >= 11 is 0. The van der Waals surface area contributed by atoms with E-state index in [0.717, 1.165) is 22.4 Å². The lowest BCUT2D eigenvalue weighted by Gasteiger charge is -2.26. The summed E-state index contributed by atoms with van der Waals surface area (Å²) in [6.07, 6.45) is 0. The SMILES string of the molecule is COc1ccccc1CN1C(=O)C(=O)/C(=C(\O)c2ccc(OC)c(C(C)C)c2)C1c1ccc(N(C)C)cc1. The van der Waals surface area contributed by atoms with Crippen molar-refractivity contribution >= 4 is 23.1 Å². The minimum atomic E-state index is -0.777. The zero-order valence-corrected chi connectivity index (χ0v) is 22.7. The van der Waals surface area contributed by atoms with Gasteiger partial charge in [-0.15, -0.1) is 0 Å². The molecule has 4 rings (SSSR count). The Labute approximate surface area is 223 Å². The molecule has 0 saturated carbocycles. The molecular formula is C31H34N2O5. The van der Waals surface area contributed by atoms with E-state index in [-0.39, 0.29) is 23.8 Å². The number of hydrogen-bond donors (Lipinski definition) is 1. The number of para-hydroxylation sites is 1. The standard InChI is InChI=1S/C31H34N2O5/c1-19(2)24-17-21(13-16-26(24)38-6)29(34)27-28(20-11-14-23(15-12-20)32(3)4)33(31(36)30(27)35)18-22-9-7-8-10-25(22)37-5/h7-17,19,28,34H,18H2,1-6H3/b29-27-. The molecule has 1 unspecified atom stereocenters. The van der Waals surface area contributed by atoms with Crippen LogP contribution in [0.5, 0.6) is 11.5 Å². The molecule has 198 valence electrons. The number of methoxy groups -OCH3 is 2. The van der Waals surface area contributed by atoms with E-state index in [0.29, 0.717) is 17.1 Å². The van der Waals surface area contributed by atoms with Crippen molar-refractivity contribution in [3.8, 4) is 11.5 Å². The van der Waals surface area contributed by atoms with E-state index < -0.39 is 17.7 Å². The molecule has 1 fully saturated rings. The van der Waals surface area contributed by atoms with Crippen molar-refractivity contribution in [2.75, 3.05) is 33.2 Å². The van der Waals surface area contributed by atoms with Gasteiger partial charge in [0.2, 0.25) is 0 Å². The Bertz CT molecular complexity index is 1380. The second-order valence-electron chi connectivity index (χ2n) is 9.84. The van der Waals surface area contributed by atoms with Gasteiger partial charge in [-0.05, 0) is 53.4 Å². The monoisotopic (exact) mass is 514 g/mol. The smallest absolute Gasteiger partial charge is 0.295 e. The number of carbonyl (C=O) groups excluding carboxylic acids is 2. The number of rotatable bonds is 8. The Morgan fingerprint density at radius 1 is 0.947 bits per heavy atom.